The van der Waals surface area contributed by atoms with E-state index in [4.69, 9.17) is 0 Å². The first kappa shape index (κ1) is 12.3. The fourth-order valence-corrected chi connectivity index (χ4v) is 2.95. The van der Waals surface area contributed by atoms with Crippen LogP contribution in [-0.2, 0) is 11.3 Å². The van der Waals surface area contributed by atoms with E-state index in [1.165, 1.54) is 0 Å². The van der Waals surface area contributed by atoms with Gasteiger partial charge in [0.15, 0.2) is 0 Å². The molecule has 0 heterocycles. The zero-order valence-electron chi connectivity index (χ0n) is 8.43. The average molecular weight is 208 g/mol. The Hall–Kier alpha value is 0.287. The molecule has 1 atom stereocenters. The van der Waals surface area contributed by atoms with E-state index in [1.807, 2.05) is 0 Å². The van der Waals surface area contributed by atoms with E-state index < -0.39 is 19.3 Å². The average Bonchev–Trinajstić information content (AvgIpc) is 1.81. The summed E-state index contributed by atoms with van der Waals surface area (Å²) in [7, 11) is -1.47. The largest absolute Gasteiger partial charge is 0.760 e. The maximum atomic E-state index is 10.3. The van der Waals surface area contributed by atoms with Gasteiger partial charge < -0.3 is 4.55 Å². The molecule has 74 valence electrons. The molecule has 12 heavy (non-hydrogen) atoms. The molecule has 0 saturated heterocycles. The summed E-state index contributed by atoms with van der Waals surface area (Å²) in [5.41, 5.74) is 0. The van der Waals surface area contributed by atoms with Gasteiger partial charge in [0.2, 0.25) is 0 Å². The maximum Gasteiger partial charge on any atom is 0.0692 e. The standard InChI is InChI=1S/C7H19NO2SSi/c1-7(2,3)12(4,5)6-8-11(9)10/h8H,6H2,1-5H3,(H,9,10)/p-1. The monoisotopic (exact) mass is 208 g/mol. The Bertz CT molecular complexity index is 177. The van der Waals surface area contributed by atoms with Crippen LogP contribution in [0.3, 0.4) is 0 Å². The normalized spacial score (nSPS) is 16.2. The lowest BCUT2D eigenvalue weighted by Crippen LogP contribution is -2.47. The van der Waals surface area contributed by atoms with Gasteiger partial charge in [-0.15, -0.1) is 0 Å². The minimum absolute atomic E-state index is 0.235. The van der Waals surface area contributed by atoms with Crippen LogP contribution in [0.4, 0.5) is 0 Å². The van der Waals surface area contributed by atoms with Crippen molar-refractivity contribution in [3.8, 4) is 0 Å². The Morgan fingerprint density at radius 2 is 1.83 bits per heavy atom. The molecular weight excluding hydrogens is 190 g/mol. The van der Waals surface area contributed by atoms with Gasteiger partial charge in [0.05, 0.1) is 8.07 Å². The molecule has 0 bridgehead atoms. The third-order valence-electron chi connectivity index (χ3n) is 2.66. The Morgan fingerprint density at radius 1 is 1.42 bits per heavy atom. The Kier molecular flexibility index (Phi) is 4.09. The van der Waals surface area contributed by atoms with Gasteiger partial charge in [0, 0.05) is 17.4 Å². The second-order valence-corrected chi connectivity index (χ2v) is 11.1. The number of nitrogens with one attached hydrogen (secondary N) is 1. The van der Waals surface area contributed by atoms with Crippen molar-refractivity contribution in [3.63, 3.8) is 0 Å². The molecule has 0 aromatic carbocycles. The van der Waals surface area contributed by atoms with Gasteiger partial charge in [0.25, 0.3) is 0 Å². The number of hydrogen-bond acceptors (Lipinski definition) is 2. The van der Waals surface area contributed by atoms with E-state index >= 15 is 0 Å². The van der Waals surface area contributed by atoms with Crippen LogP contribution in [0, 0.1) is 0 Å². The SMILES string of the molecule is CC(C)(C)[Si](C)(C)CNS(=O)[O-]. The Balaban J connectivity index is 4.14. The Morgan fingerprint density at radius 3 is 2.08 bits per heavy atom. The molecule has 1 unspecified atom stereocenters. The van der Waals surface area contributed by atoms with E-state index in [0.29, 0.717) is 6.17 Å². The van der Waals surface area contributed by atoms with E-state index in [1.54, 1.807) is 0 Å². The number of hydrogen-bond donors (Lipinski definition) is 1. The van der Waals surface area contributed by atoms with Crippen LogP contribution >= 0.6 is 0 Å². The van der Waals surface area contributed by atoms with Gasteiger partial charge in [-0.05, 0) is 5.04 Å². The third kappa shape index (κ3) is 3.80. The summed E-state index contributed by atoms with van der Waals surface area (Å²) < 4.78 is 23.0. The van der Waals surface area contributed by atoms with Gasteiger partial charge in [0.1, 0.15) is 0 Å². The topological polar surface area (TPSA) is 52.2 Å². The molecular formula is C7H18NO2SSi-. The summed E-state index contributed by atoms with van der Waals surface area (Å²) >= 11 is -2.11. The van der Waals surface area contributed by atoms with Crippen LogP contribution < -0.4 is 4.72 Å². The summed E-state index contributed by atoms with van der Waals surface area (Å²) in [5.74, 6) is 0. The molecule has 0 aliphatic heterocycles. The lowest BCUT2D eigenvalue weighted by molar-refractivity contribution is 0.526. The summed E-state index contributed by atoms with van der Waals surface area (Å²) in [6, 6.07) is 0. The van der Waals surface area contributed by atoms with Crippen LogP contribution in [0.1, 0.15) is 20.8 Å². The van der Waals surface area contributed by atoms with Gasteiger partial charge in [-0.25, -0.2) is 0 Å². The lowest BCUT2D eigenvalue weighted by Gasteiger charge is -2.37. The van der Waals surface area contributed by atoms with Crippen LogP contribution in [0.2, 0.25) is 18.1 Å². The van der Waals surface area contributed by atoms with Crippen molar-refractivity contribution >= 4 is 19.3 Å². The molecule has 1 N–H and O–H groups in total. The quantitative estimate of drug-likeness (QED) is 0.563. The minimum Gasteiger partial charge on any atom is -0.760 e. The van der Waals surface area contributed by atoms with Crippen LogP contribution in [-0.4, -0.2) is 23.0 Å². The van der Waals surface area contributed by atoms with Crippen LogP contribution in [0.25, 0.3) is 0 Å². The molecule has 0 radical (unpaired) electrons. The van der Waals surface area contributed by atoms with Crippen molar-refractivity contribution in [2.24, 2.45) is 0 Å². The number of rotatable bonds is 3. The first-order chi connectivity index (χ1) is 5.17. The summed E-state index contributed by atoms with van der Waals surface area (Å²) in [6.07, 6.45) is 0.618. The third-order valence-corrected chi connectivity index (χ3v) is 8.42. The lowest BCUT2D eigenvalue weighted by atomic mass is 10.2. The van der Waals surface area contributed by atoms with E-state index in [-0.39, 0.29) is 5.04 Å². The zero-order chi connectivity index (χ0) is 9.99. The molecule has 5 heteroatoms. The summed E-state index contributed by atoms with van der Waals surface area (Å²) in [5, 5.41) is 0.235. The molecule has 3 nitrogen and oxygen atoms in total. The molecule has 0 amide bonds. The maximum absolute atomic E-state index is 10.3. The molecule has 0 fully saturated rings. The molecule has 0 saturated carbocycles. The highest BCUT2D eigenvalue weighted by atomic mass is 32.2. The predicted octanol–water partition coefficient (Wildman–Crippen LogP) is 1.42. The van der Waals surface area contributed by atoms with E-state index in [9.17, 15) is 8.76 Å². The highest BCUT2D eigenvalue weighted by Gasteiger charge is 2.34. The van der Waals surface area contributed by atoms with Crippen molar-refractivity contribution < 1.29 is 8.76 Å². The van der Waals surface area contributed by atoms with Gasteiger partial charge in [-0.3, -0.25) is 8.93 Å². The molecule has 0 rings (SSSR count). The Labute approximate surface area is 78.4 Å². The van der Waals surface area contributed by atoms with Crippen molar-refractivity contribution in [2.45, 2.75) is 38.9 Å². The molecule has 0 aromatic heterocycles. The van der Waals surface area contributed by atoms with E-state index in [0.717, 1.165) is 0 Å². The van der Waals surface area contributed by atoms with Crippen molar-refractivity contribution in [1.29, 1.82) is 0 Å². The van der Waals surface area contributed by atoms with Gasteiger partial charge in [-0.2, -0.15) is 0 Å². The van der Waals surface area contributed by atoms with Gasteiger partial charge >= 0.3 is 0 Å². The van der Waals surface area contributed by atoms with E-state index in [2.05, 4.69) is 38.6 Å². The first-order valence-electron chi connectivity index (χ1n) is 3.99. The molecule has 0 aliphatic carbocycles. The van der Waals surface area contributed by atoms with Crippen LogP contribution in [0.15, 0.2) is 0 Å². The second kappa shape index (κ2) is 4.00. The fourth-order valence-electron chi connectivity index (χ4n) is 0.505. The summed E-state index contributed by atoms with van der Waals surface area (Å²) in [6.45, 7) is 10.9. The molecule has 0 aliphatic rings. The van der Waals surface area contributed by atoms with Crippen molar-refractivity contribution in [1.82, 2.24) is 4.72 Å². The highest BCUT2D eigenvalue weighted by molar-refractivity contribution is 7.77. The summed E-state index contributed by atoms with van der Waals surface area (Å²) in [4.78, 5) is 0. The zero-order valence-corrected chi connectivity index (χ0v) is 10.2. The minimum atomic E-state index is -2.11. The second-order valence-electron chi connectivity index (χ2n) is 4.69. The molecule has 0 aromatic rings. The highest BCUT2D eigenvalue weighted by Crippen LogP contribution is 2.35. The molecule has 0 spiro atoms. The van der Waals surface area contributed by atoms with Crippen LogP contribution in [0.5, 0.6) is 0 Å². The first-order valence-corrected chi connectivity index (χ1v) is 8.28. The van der Waals surface area contributed by atoms with Gasteiger partial charge in [-0.1, -0.05) is 33.9 Å². The predicted molar refractivity (Wildman–Crippen MR) is 54.1 cm³/mol. The van der Waals surface area contributed by atoms with Crippen molar-refractivity contribution in [2.75, 3.05) is 6.17 Å². The smallest absolute Gasteiger partial charge is 0.0692 e. The fraction of sp³-hybridized carbons (Fsp3) is 1.00. The van der Waals surface area contributed by atoms with Crippen molar-refractivity contribution in [3.05, 3.63) is 0 Å².